The Hall–Kier alpha value is -0.0800. The average Bonchev–Trinajstić information content (AvgIpc) is 2.72. The molecule has 0 amide bonds. The molecule has 136 valence electrons. The van der Waals surface area contributed by atoms with Crippen molar-refractivity contribution >= 4 is 0 Å². The zero-order chi connectivity index (χ0) is 17.0. The average molecular weight is 325 g/mol. The number of hydrogen-bond donors (Lipinski definition) is 2. The van der Waals surface area contributed by atoms with E-state index in [-0.39, 0.29) is 18.1 Å². The van der Waals surface area contributed by atoms with Crippen molar-refractivity contribution < 1.29 is 10.2 Å². The number of aliphatic hydroxyl groups is 2. The van der Waals surface area contributed by atoms with Gasteiger partial charge in [-0.2, -0.15) is 0 Å². The minimum absolute atomic E-state index is 0.127. The molecule has 2 nitrogen and oxygen atoms in total. The Morgan fingerprint density at radius 1 is 0.696 bits per heavy atom. The van der Waals surface area contributed by atoms with Gasteiger partial charge in [0.05, 0.1) is 12.2 Å². The van der Waals surface area contributed by atoms with Gasteiger partial charge >= 0.3 is 0 Å². The van der Waals surface area contributed by atoms with E-state index in [0.717, 1.165) is 38.5 Å². The van der Waals surface area contributed by atoms with E-state index in [1.165, 1.54) is 19.3 Å². The quantitative estimate of drug-likeness (QED) is 0.720. The minimum atomic E-state index is -0.292. The van der Waals surface area contributed by atoms with Crippen LogP contribution in [0.4, 0.5) is 0 Å². The Morgan fingerprint density at radius 3 is 1.65 bits per heavy atom. The van der Waals surface area contributed by atoms with Crippen LogP contribution in [-0.2, 0) is 0 Å². The van der Waals surface area contributed by atoms with Gasteiger partial charge < -0.3 is 10.2 Å². The summed E-state index contributed by atoms with van der Waals surface area (Å²) in [5.41, 5.74) is 0. The van der Waals surface area contributed by atoms with Gasteiger partial charge in [-0.25, -0.2) is 0 Å². The van der Waals surface area contributed by atoms with Crippen molar-refractivity contribution in [1.29, 1.82) is 0 Å². The van der Waals surface area contributed by atoms with Gasteiger partial charge in [0.1, 0.15) is 0 Å². The normalized spacial score (nSPS) is 38.6. The highest BCUT2D eigenvalue weighted by Gasteiger charge is 2.47. The van der Waals surface area contributed by atoms with E-state index in [1.54, 1.807) is 0 Å². The molecule has 2 saturated carbocycles. The number of aliphatic hydroxyl groups excluding tert-OH is 2. The summed E-state index contributed by atoms with van der Waals surface area (Å²) in [4.78, 5) is 0. The predicted octanol–water partition coefficient (Wildman–Crippen LogP) is 5.02. The van der Waals surface area contributed by atoms with Crippen LogP contribution in [0.1, 0.15) is 85.5 Å². The first-order valence-electron chi connectivity index (χ1n) is 10.4. The van der Waals surface area contributed by atoms with Gasteiger partial charge in [-0.15, -0.1) is 0 Å². The zero-order valence-electron chi connectivity index (χ0n) is 15.9. The molecule has 2 aliphatic rings. The molecule has 23 heavy (non-hydrogen) atoms. The second-order valence-electron chi connectivity index (χ2n) is 8.31. The molecule has 0 bridgehead atoms. The minimum Gasteiger partial charge on any atom is -0.392 e. The van der Waals surface area contributed by atoms with Crippen LogP contribution in [0.5, 0.6) is 0 Å². The Kier molecular flexibility index (Phi) is 7.41. The van der Waals surface area contributed by atoms with Crippen LogP contribution in [0.2, 0.25) is 0 Å². The summed E-state index contributed by atoms with van der Waals surface area (Å²) >= 11 is 0. The molecule has 0 heterocycles. The van der Waals surface area contributed by atoms with Crippen molar-refractivity contribution in [2.24, 2.45) is 35.5 Å². The lowest BCUT2D eigenvalue weighted by molar-refractivity contribution is -0.106. The Morgan fingerprint density at radius 2 is 1.17 bits per heavy atom. The van der Waals surface area contributed by atoms with Crippen molar-refractivity contribution in [1.82, 2.24) is 0 Å². The summed E-state index contributed by atoms with van der Waals surface area (Å²) in [6.45, 7) is 9.02. The van der Waals surface area contributed by atoms with Crippen LogP contribution < -0.4 is 0 Å². The van der Waals surface area contributed by atoms with Gasteiger partial charge in [-0.3, -0.25) is 0 Å². The summed E-state index contributed by atoms with van der Waals surface area (Å²) in [5.74, 6) is 2.71. The van der Waals surface area contributed by atoms with Crippen LogP contribution in [-0.4, -0.2) is 22.4 Å². The largest absolute Gasteiger partial charge is 0.392 e. The summed E-state index contributed by atoms with van der Waals surface area (Å²) in [6.07, 6.45) is 10.0. The van der Waals surface area contributed by atoms with E-state index in [4.69, 9.17) is 0 Å². The fourth-order valence-corrected chi connectivity index (χ4v) is 6.04. The standard InChI is InChI=1S/C21H40O2/c1-5-14(6-2)17-11-9-10-16-12-13-18(15(7-3)8-4)21(23)19(16)20(17)22/h14-23H,5-13H2,1-4H3/t16?,17-,18-,19?,20?,21?/m1/s1. The molecule has 2 N–H and O–H groups in total. The molecule has 2 rings (SSSR count). The number of hydrogen-bond acceptors (Lipinski definition) is 2. The predicted molar refractivity (Wildman–Crippen MR) is 97.2 cm³/mol. The second-order valence-corrected chi connectivity index (χ2v) is 8.31. The number of fused-ring (bicyclic) bond motifs is 1. The van der Waals surface area contributed by atoms with Crippen LogP contribution in [0.3, 0.4) is 0 Å². The first-order valence-corrected chi connectivity index (χ1v) is 10.4. The van der Waals surface area contributed by atoms with Crippen molar-refractivity contribution in [2.75, 3.05) is 0 Å². The summed E-state index contributed by atoms with van der Waals surface area (Å²) in [5, 5.41) is 22.4. The van der Waals surface area contributed by atoms with Gasteiger partial charge in [-0.05, 0) is 55.3 Å². The van der Waals surface area contributed by atoms with Gasteiger partial charge in [0.15, 0.2) is 0 Å². The van der Waals surface area contributed by atoms with Crippen molar-refractivity contribution in [3.8, 4) is 0 Å². The van der Waals surface area contributed by atoms with Gasteiger partial charge in [0.25, 0.3) is 0 Å². The molecular weight excluding hydrogens is 284 g/mol. The lowest BCUT2D eigenvalue weighted by atomic mass is 9.63. The third kappa shape index (κ3) is 3.95. The van der Waals surface area contributed by atoms with Crippen molar-refractivity contribution in [3.05, 3.63) is 0 Å². The Balaban J connectivity index is 2.20. The molecule has 4 unspecified atom stereocenters. The molecule has 0 radical (unpaired) electrons. The lowest BCUT2D eigenvalue weighted by Gasteiger charge is -2.46. The highest BCUT2D eigenvalue weighted by atomic mass is 16.3. The van der Waals surface area contributed by atoms with Gasteiger partial charge in [-0.1, -0.05) is 59.8 Å². The van der Waals surface area contributed by atoms with Crippen molar-refractivity contribution in [3.63, 3.8) is 0 Å². The maximum absolute atomic E-state index is 11.2. The topological polar surface area (TPSA) is 40.5 Å². The van der Waals surface area contributed by atoms with E-state index in [1.807, 2.05) is 0 Å². The van der Waals surface area contributed by atoms with Crippen LogP contribution >= 0.6 is 0 Å². The maximum atomic E-state index is 11.2. The SMILES string of the molecule is CCC(CC)[C@H]1CCCC2CC[C@H](C(CC)CC)C(O)C2C1O. The summed E-state index contributed by atoms with van der Waals surface area (Å²) < 4.78 is 0. The van der Waals surface area contributed by atoms with Gasteiger partial charge in [0.2, 0.25) is 0 Å². The van der Waals surface area contributed by atoms with Gasteiger partial charge in [0, 0.05) is 5.92 Å². The molecule has 2 aliphatic carbocycles. The highest BCUT2D eigenvalue weighted by molar-refractivity contribution is 4.97. The molecule has 0 aromatic carbocycles. The highest BCUT2D eigenvalue weighted by Crippen LogP contribution is 2.48. The number of rotatable bonds is 6. The van der Waals surface area contributed by atoms with E-state index in [9.17, 15) is 10.2 Å². The van der Waals surface area contributed by atoms with Crippen LogP contribution in [0, 0.1) is 35.5 Å². The molecule has 0 aromatic heterocycles. The molecule has 2 heteroatoms. The maximum Gasteiger partial charge on any atom is 0.0626 e. The first kappa shape index (κ1) is 19.2. The summed E-state index contributed by atoms with van der Waals surface area (Å²) in [7, 11) is 0. The third-order valence-electron chi connectivity index (χ3n) is 7.50. The fourth-order valence-electron chi connectivity index (χ4n) is 6.04. The first-order chi connectivity index (χ1) is 11.1. The second kappa shape index (κ2) is 8.85. The Bertz CT molecular complexity index is 335. The molecule has 0 saturated heterocycles. The monoisotopic (exact) mass is 324 g/mol. The van der Waals surface area contributed by atoms with Crippen LogP contribution in [0.15, 0.2) is 0 Å². The molecule has 0 aliphatic heterocycles. The molecule has 6 atom stereocenters. The van der Waals surface area contributed by atoms with E-state index in [2.05, 4.69) is 27.7 Å². The van der Waals surface area contributed by atoms with E-state index >= 15 is 0 Å². The molecule has 0 spiro atoms. The third-order valence-corrected chi connectivity index (χ3v) is 7.50. The van der Waals surface area contributed by atoms with E-state index < -0.39 is 0 Å². The molecule has 0 aromatic rings. The smallest absolute Gasteiger partial charge is 0.0626 e. The van der Waals surface area contributed by atoms with Crippen molar-refractivity contribution in [2.45, 2.75) is 97.7 Å². The zero-order valence-corrected chi connectivity index (χ0v) is 15.9. The van der Waals surface area contributed by atoms with E-state index in [0.29, 0.717) is 29.6 Å². The Labute approximate surface area is 144 Å². The lowest BCUT2D eigenvalue weighted by Crippen LogP contribution is -2.49. The molecular formula is C21H40O2. The van der Waals surface area contributed by atoms with Crippen LogP contribution in [0.25, 0.3) is 0 Å². The molecule has 2 fully saturated rings. The fraction of sp³-hybridized carbons (Fsp3) is 1.00. The summed E-state index contributed by atoms with van der Waals surface area (Å²) in [6, 6.07) is 0.